The van der Waals surface area contributed by atoms with Crippen molar-refractivity contribution in [2.24, 2.45) is 0 Å². The molecule has 0 aliphatic heterocycles. The number of benzene rings is 7. The van der Waals surface area contributed by atoms with E-state index in [1.807, 2.05) is 91.0 Å². The Balaban J connectivity index is 1.22. The SMILES string of the molecule is c1ccc(-c2nc(-c3ccccc3)nc(-c3ccc(-c4cccc5c4oc4ccccc45)c(-c4ccc5c(c4)oc4ccccc45)c3)n2)cc1. The van der Waals surface area contributed by atoms with Crippen LogP contribution in [0.25, 0.3) is 100 Å². The van der Waals surface area contributed by atoms with Crippen LogP contribution in [0.15, 0.2) is 173 Å². The molecule has 234 valence electrons. The normalized spacial score (nSPS) is 11.6. The lowest BCUT2D eigenvalue weighted by Gasteiger charge is -2.14. The number of para-hydroxylation sites is 3. The second-order valence-corrected chi connectivity index (χ2v) is 12.4. The third-order valence-corrected chi connectivity index (χ3v) is 9.36. The molecule has 0 saturated heterocycles. The maximum absolute atomic E-state index is 6.53. The van der Waals surface area contributed by atoms with Gasteiger partial charge in [0.25, 0.3) is 0 Å². The van der Waals surface area contributed by atoms with E-state index in [2.05, 4.69) is 72.8 Å². The third-order valence-electron chi connectivity index (χ3n) is 9.36. The number of furan rings is 2. The first-order valence-corrected chi connectivity index (χ1v) is 16.6. The molecule has 0 amide bonds. The second kappa shape index (κ2) is 11.4. The number of aromatic nitrogens is 3. The molecule has 0 atom stereocenters. The molecular formula is C45H27N3O2. The molecule has 0 spiro atoms. The summed E-state index contributed by atoms with van der Waals surface area (Å²) in [5, 5.41) is 4.36. The fourth-order valence-corrected chi connectivity index (χ4v) is 6.95. The van der Waals surface area contributed by atoms with Crippen LogP contribution in [0.4, 0.5) is 0 Å². The first-order valence-electron chi connectivity index (χ1n) is 16.6. The number of nitrogens with zero attached hydrogens (tertiary/aromatic N) is 3. The lowest BCUT2D eigenvalue weighted by Crippen LogP contribution is -2.00. The van der Waals surface area contributed by atoms with E-state index in [-0.39, 0.29) is 0 Å². The van der Waals surface area contributed by atoms with E-state index >= 15 is 0 Å². The summed E-state index contributed by atoms with van der Waals surface area (Å²) in [6.45, 7) is 0. The highest BCUT2D eigenvalue weighted by Crippen LogP contribution is 2.42. The van der Waals surface area contributed by atoms with Crippen LogP contribution in [0.1, 0.15) is 0 Å². The molecule has 0 aliphatic carbocycles. The van der Waals surface area contributed by atoms with Gasteiger partial charge < -0.3 is 8.83 Å². The summed E-state index contributed by atoms with van der Waals surface area (Å²) in [5.41, 5.74) is 10.2. The molecule has 0 fully saturated rings. The zero-order chi connectivity index (χ0) is 33.0. The highest BCUT2D eigenvalue weighted by molar-refractivity contribution is 6.11. The largest absolute Gasteiger partial charge is 0.456 e. The van der Waals surface area contributed by atoms with E-state index in [1.165, 1.54) is 0 Å². The monoisotopic (exact) mass is 641 g/mol. The minimum atomic E-state index is 0.595. The quantitative estimate of drug-likeness (QED) is 0.187. The number of fused-ring (bicyclic) bond motifs is 6. The molecule has 0 aliphatic rings. The summed E-state index contributed by atoms with van der Waals surface area (Å²) in [7, 11) is 0. The molecule has 0 bridgehead atoms. The van der Waals surface area contributed by atoms with Gasteiger partial charge in [0, 0.05) is 43.8 Å². The molecule has 0 N–H and O–H groups in total. The Hall–Kier alpha value is -6.85. The van der Waals surface area contributed by atoms with Crippen molar-refractivity contribution < 1.29 is 8.83 Å². The molecule has 50 heavy (non-hydrogen) atoms. The fourth-order valence-electron chi connectivity index (χ4n) is 6.95. The van der Waals surface area contributed by atoms with Gasteiger partial charge in [-0.3, -0.25) is 0 Å². The van der Waals surface area contributed by atoms with Crippen molar-refractivity contribution in [3.63, 3.8) is 0 Å². The van der Waals surface area contributed by atoms with E-state index in [0.717, 1.165) is 82.8 Å². The Bertz CT molecular complexity index is 2810. The standard InChI is InChI=1S/C45H27N3O2/c1-3-12-28(13-4-1)43-46-44(29-14-5-2-6-15-29)48-45(47-43)31-23-24-32(36-18-11-19-37-34-17-8-10-21-40(34)50-42(36)37)38(26-31)30-22-25-35-33-16-7-9-20-39(33)49-41(35)27-30/h1-27H. The van der Waals surface area contributed by atoms with Crippen molar-refractivity contribution in [1.82, 2.24) is 15.0 Å². The Morgan fingerprint density at radius 1 is 0.300 bits per heavy atom. The van der Waals surface area contributed by atoms with E-state index in [0.29, 0.717) is 17.5 Å². The van der Waals surface area contributed by atoms with E-state index in [1.54, 1.807) is 0 Å². The summed E-state index contributed by atoms with van der Waals surface area (Å²) in [4.78, 5) is 15.0. The van der Waals surface area contributed by atoms with E-state index < -0.39 is 0 Å². The smallest absolute Gasteiger partial charge is 0.164 e. The van der Waals surface area contributed by atoms with Gasteiger partial charge in [-0.1, -0.05) is 133 Å². The minimum absolute atomic E-state index is 0.595. The molecule has 0 saturated carbocycles. The number of hydrogen-bond donors (Lipinski definition) is 0. The van der Waals surface area contributed by atoms with Crippen molar-refractivity contribution in [1.29, 1.82) is 0 Å². The predicted molar refractivity (Wildman–Crippen MR) is 202 cm³/mol. The Kier molecular flexibility index (Phi) is 6.42. The minimum Gasteiger partial charge on any atom is -0.456 e. The summed E-state index contributed by atoms with van der Waals surface area (Å²) >= 11 is 0. The molecule has 5 nitrogen and oxygen atoms in total. The van der Waals surface area contributed by atoms with Gasteiger partial charge >= 0.3 is 0 Å². The van der Waals surface area contributed by atoms with Crippen LogP contribution >= 0.6 is 0 Å². The van der Waals surface area contributed by atoms with Crippen molar-refractivity contribution in [2.75, 3.05) is 0 Å². The van der Waals surface area contributed by atoms with Crippen molar-refractivity contribution in [3.8, 4) is 56.4 Å². The van der Waals surface area contributed by atoms with Crippen molar-refractivity contribution >= 4 is 43.9 Å². The lowest BCUT2D eigenvalue weighted by molar-refractivity contribution is 0.669. The maximum Gasteiger partial charge on any atom is 0.164 e. The average Bonchev–Trinajstić information content (AvgIpc) is 3.76. The van der Waals surface area contributed by atoms with E-state index in [9.17, 15) is 0 Å². The molecule has 3 heterocycles. The Morgan fingerprint density at radius 3 is 1.54 bits per heavy atom. The van der Waals surface area contributed by atoms with Crippen LogP contribution < -0.4 is 0 Å². The van der Waals surface area contributed by atoms with Gasteiger partial charge in [0.2, 0.25) is 0 Å². The summed E-state index contributed by atoms with van der Waals surface area (Å²) in [5.74, 6) is 1.84. The van der Waals surface area contributed by atoms with Crippen molar-refractivity contribution in [2.45, 2.75) is 0 Å². The Morgan fingerprint density at radius 2 is 0.840 bits per heavy atom. The van der Waals surface area contributed by atoms with Gasteiger partial charge in [-0.2, -0.15) is 0 Å². The van der Waals surface area contributed by atoms with Gasteiger partial charge in [-0.15, -0.1) is 0 Å². The highest BCUT2D eigenvalue weighted by Gasteiger charge is 2.19. The lowest BCUT2D eigenvalue weighted by atomic mass is 9.91. The zero-order valence-corrected chi connectivity index (χ0v) is 26.7. The Labute approximate surface area is 287 Å². The molecule has 10 rings (SSSR count). The molecule has 0 radical (unpaired) electrons. The summed E-state index contributed by atoms with van der Waals surface area (Å²) < 4.78 is 12.9. The fraction of sp³-hybridized carbons (Fsp3) is 0. The summed E-state index contributed by atoms with van der Waals surface area (Å²) in [6, 6.07) is 55.7. The van der Waals surface area contributed by atoms with Gasteiger partial charge in [-0.25, -0.2) is 15.0 Å². The molecule has 3 aromatic heterocycles. The molecule has 10 aromatic rings. The van der Waals surface area contributed by atoms with Gasteiger partial charge in [0.1, 0.15) is 22.3 Å². The van der Waals surface area contributed by atoms with Crippen LogP contribution in [0.3, 0.4) is 0 Å². The average molecular weight is 642 g/mol. The van der Waals surface area contributed by atoms with Crippen LogP contribution in [-0.2, 0) is 0 Å². The van der Waals surface area contributed by atoms with Gasteiger partial charge in [0.15, 0.2) is 17.5 Å². The van der Waals surface area contributed by atoms with Gasteiger partial charge in [0.05, 0.1) is 0 Å². The number of rotatable bonds is 5. The predicted octanol–water partition coefficient (Wildman–Crippen LogP) is 12.0. The summed E-state index contributed by atoms with van der Waals surface area (Å²) in [6.07, 6.45) is 0. The van der Waals surface area contributed by atoms with E-state index in [4.69, 9.17) is 23.8 Å². The van der Waals surface area contributed by atoms with Crippen LogP contribution in [0, 0.1) is 0 Å². The van der Waals surface area contributed by atoms with Crippen molar-refractivity contribution in [3.05, 3.63) is 164 Å². The van der Waals surface area contributed by atoms with Crippen LogP contribution in [-0.4, -0.2) is 15.0 Å². The molecule has 0 unspecified atom stereocenters. The molecular weight excluding hydrogens is 615 g/mol. The first-order chi connectivity index (χ1) is 24.8. The third kappa shape index (κ3) is 4.67. The maximum atomic E-state index is 6.53. The van der Waals surface area contributed by atoms with Crippen LogP contribution in [0.2, 0.25) is 0 Å². The molecule has 5 heteroatoms. The van der Waals surface area contributed by atoms with Crippen LogP contribution in [0.5, 0.6) is 0 Å². The first kappa shape index (κ1) is 28.2. The topological polar surface area (TPSA) is 65.0 Å². The number of hydrogen-bond acceptors (Lipinski definition) is 5. The highest BCUT2D eigenvalue weighted by atomic mass is 16.3. The zero-order valence-electron chi connectivity index (χ0n) is 26.7. The van der Waals surface area contributed by atoms with Gasteiger partial charge in [-0.05, 0) is 47.0 Å². The molecule has 7 aromatic carbocycles. The second-order valence-electron chi connectivity index (χ2n) is 12.4.